The van der Waals surface area contributed by atoms with E-state index >= 15 is 0 Å². The molecular formula is C25H24O6. The normalized spacial score (nSPS) is 10.3. The van der Waals surface area contributed by atoms with Crippen LogP contribution in [-0.4, -0.2) is 31.8 Å². The van der Waals surface area contributed by atoms with Crippen molar-refractivity contribution in [1.29, 1.82) is 0 Å². The van der Waals surface area contributed by atoms with E-state index in [1.807, 2.05) is 62.4 Å². The predicted octanol–water partition coefficient (Wildman–Crippen LogP) is 4.52. The van der Waals surface area contributed by atoms with Crippen molar-refractivity contribution in [3.8, 4) is 17.2 Å². The highest BCUT2D eigenvalue weighted by atomic mass is 16.6. The van der Waals surface area contributed by atoms with Crippen LogP contribution in [0.1, 0.15) is 21.5 Å². The molecule has 0 aromatic heterocycles. The second-order valence-corrected chi connectivity index (χ2v) is 6.88. The Kier molecular flexibility index (Phi) is 7.65. The fourth-order valence-corrected chi connectivity index (χ4v) is 2.92. The molecule has 0 spiro atoms. The van der Waals surface area contributed by atoms with Crippen LogP contribution in [0.5, 0.6) is 17.2 Å². The first-order valence-electron chi connectivity index (χ1n) is 9.87. The minimum Gasteiger partial charge on any atom is -0.490 e. The zero-order valence-electron chi connectivity index (χ0n) is 17.5. The molecule has 0 saturated heterocycles. The first kappa shape index (κ1) is 21.9. The van der Waals surface area contributed by atoms with Gasteiger partial charge in [0.25, 0.3) is 0 Å². The monoisotopic (exact) mass is 420 g/mol. The van der Waals surface area contributed by atoms with Gasteiger partial charge in [-0.25, -0.2) is 9.59 Å². The summed E-state index contributed by atoms with van der Waals surface area (Å²) in [6.45, 7) is 3.89. The highest BCUT2D eigenvalue weighted by Crippen LogP contribution is 2.20. The molecule has 31 heavy (non-hydrogen) atoms. The summed E-state index contributed by atoms with van der Waals surface area (Å²) in [6, 6.07) is 21.3. The molecule has 0 unspecified atom stereocenters. The highest BCUT2D eigenvalue weighted by molar-refractivity contribution is 5.93. The van der Waals surface area contributed by atoms with Crippen LogP contribution in [0.4, 0.5) is 0 Å². The number of ether oxygens (including phenoxy) is 4. The molecule has 6 nitrogen and oxygen atoms in total. The van der Waals surface area contributed by atoms with Gasteiger partial charge in [0.1, 0.15) is 36.0 Å². The molecule has 160 valence electrons. The van der Waals surface area contributed by atoms with Crippen LogP contribution in [0.15, 0.2) is 72.8 Å². The number of hydrogen-bond acceptors (Lipinski definition) is 6. The summed E-state index contributed by atoms with van der Waals surface area (Å²) in [5, 5.41) is 0. The van der Waals surface area contributed by atoms with E-state index in [4.69, 9.17) is 18.9 Å². The Morgan fingerprint density at radius 3 is 2.16 bits per heavy atom. The summed E-state index contributed by atoms with van der Waals surface area (Å²) >= 11 is 0. The van der Waals surface area contributed by atoms with E-state index in [0.29, 0.717) is 11.5 Å². The summed E-state index contributed by atoms with van der Waals surface area (Å²) in [4.78, 5) is 24.6. The summed E-state index contributed by atoms with van der Waals surface area (Å²) in [7, 11) is 0. The Hall–Kier alpha value is -3.80. The van der Waals surface area contributed by atoms with Crippen LogP contribution in [-0.2, 0) is 9.53 Å². The van der Waals surface area contributed by atoms with Gasteiger partial charge in [0, 0.05) is 0 Å². The molecule has 0 N–H and O–H groups in total. The SMILES string of the molecule is Cc1cc(C)cc(OCC(=O)Oc2ccccc2C(=O)OCCOc2ccccc2)c1. The number of carbonyl (C=O) groups is 2. The second kappa shape index (κ2) is 10.8. The maximum absolute atomic E-state index is 12.4. The fraction of sp³-hybridized carbons (Fsp3) is 0.200. The van der Waals surface area contributed by atoms with Gasteiger partial charge in [-0.2, -0.15) is 0 Å². The van der Waals surface area contributed by atoms with Crippen LogP contribution in [0, 0.1) is 13.8 Å². The third kappa shape index (κ3) is 6.89. The maximum atomic E-state index is 12.4. The molecule has 0 atom stereocenters. The lowest BCUT2D eigenvalue weighted by molar-refractivity contribution is -0.136. The Balaban J connectivity index is 1.51. The topological polar surface area (TPSA) is 71.1 Å². The number of esters is 2. The maximum Gasteiger partial charge on any atom is 0.349 e. The number of para-hydroxylation sites is 2. The van der Waals surface area contributed by atoms with Crippen molar-refractivity contribution in [3.63, 3.8) is 0 Å². The van der Waals surface area contributed by atoms with Crippen molar-refractivity contribution >= 4 is 11.9 Å². The summed E-state index contributed by atoms with van der Waals surface area (Å²) in [5.41, 5.74) is 2.22. The highest BCUT2D eigenvalue weighted by Gasteiger charge is 2.17. The van der Waals surface area contributed by atoms with E-state index in [2.05, 4.69) is 0 Å². The zero-order chi connectivity index (χ0) is 22.1. The van der Waals surface area contributed by atoms with Crippen molar-refractivity contribution in [3.05, 3.63) is 89.5 Å². The van der Waals surface area contributed by atoms with Gasteiger partial charge in [0.05, 0.1) is 0 Å². The van der Waals surface area contributed by atoms with Crippen LogP contribution < -0.4 is 14.2 Å². The van der Waals surface area contributed by atoms with Crippen molar-refractivity contribution in [2.75, 3.05) is 19.8 Å². The van der Waals surface area contributed by atoms with E-state index in [0.717, 1.165) is 11.1 Å². The van der Waals surface area contributed by atoms with E-state index < -0.39 is 11.9 Å². The molecular weight excluding hydrogens is 396 g/mol. The Morgan fingerprint density at radius 2 is 1.42 bits per heavy atom. The summed E-state index contributed by atoms with van der Waals surface area (Å²) in [6.07, 6.45) is 0. The number of benzene rings is 3. The van der Waals surface area contributed by atoms with Gasteiger partial charge in [-0.15, -0.1) is 0 Å². The lowest BCUT2D eigenvalue weighted by Gasteiger charge is -2.11. The quantitative estimate of drug-likeness (QED) is 0.288. The third-order valence-electron chi connectivity index (χ3n) is 4.21. The average molecular weight is 420 g/mol. The van der Waals surface area contributed by atoms with E-state index in [1.54, 1.807) is 12.1 Å². The molecule has 0 radical (unpaired) electrons. The van der Waals surface area contributed by atoms with Crippen molar-refractivity contribution in [2.45, 2.75) is 13.8 Å². The molecule has 0 heterocycles. The molecule has 6 heteroatoms. The second-order valence-electron chi connectivity index (χ2n) is 6.88. The van der Waals surface area contributed by atoms with Crippen molar-refractivity contribution in [2.24, 2.45) is 0 Å². The van der Waals surface area contributed by atoms with Gasteiger partial charge in [-0.1, -0.05) is 36.4 Å². The lowest BCUT2D eigenvalue weighted by atomic mass is 10.1. The molecule has 3 aromatic carbocycles. The van der Waals surface area contributed by atoms with Gasteiger partial charge in [0.15, 0.2) is 6.61 Å². The minimum absolute atomic E-state index is 0.0613. The van der Waals surface area contributed by atoms with Crippen LogP contribution in [0.25, 0.3) is 0 Å². The number of carbonyl (C=O) groups excluding carboxylic acids is 2. The summed E-state index contributed by atoms with van der Waals surface area (Å²) in [5.74, 6) is 0.171. The molecule has 0 aliphatic carbocycles. The Bertz CT molecular complexity index is 1010. The van der Waals surface area contributed by atoms with Gasteiger partial charge < -0.3 is 18.9 Å². The fourth-order valence-electron chi connectivity index (χ4n) is 2.92. The molecule has 3 aromatic rings. The summed E-state index contributed by atoms with van der Waals surface area (Å²) < 4.78 is 21.6. The number of hydrogen-bond donors (Lipinski definition) is 0. The van der Waals surface area contributed by atoms with Crippen molar-refractivity contribution < 1.29 is 28.5 Å². The first-order chi connectivity index (χ1) is 15.0. The smallest absolute Gasteiger partial charge is 0.349 e. The molecule has 0 amide bonds. The molecule has 3 rings (SSSR count). The van der Waals surface area contributed by atoms with Gasteiger partial charge >= 0.3 is 11.9 Å². The van der Waals surface area contributed by atoms with Gasteiger partial charge in [-0.05, 0) is 61.4 Å². The molecule has 0 aliphatic rings. The van der Waals surface area contributed by atoms with Crippen molar-refractivity contribution in [1.82, 2.24) is 0 Å². The minimum atomic E-state index is -0.619. The van der Waals surface area contributed by atoms with E-state index in [9.17, 15) is 9.59 Å². The molecule has 0 aliphatic heterocycles. The predicted molar refractivity (Wildman–Crippen MR) is 116 cm³/mol. The standard InChI is InChI=1S/C25H24O6/c1-18-14-19(2)16-21(15-18)30-17-24(26)31-23-11-7-6-10-22(23)25(27)29-13-12-28-20-8-4-3-5-9-20/h3-11,14-16H,12-13,17H2,1-2H3. The lowest BCUT2D eigenvalue weighted by Crippen LogP contribution is -2.20. The zero-order valence-corrected chi connectivity index (χ0v) is 17.5. The molecule has 0 saturated carbocycles. The van der Waals surface area contributed by atoms with Gasteiger partial charge in [-0.3, -0.25) is 0 Å². The van der Waals surface area contributed by atoms with E-state index in [-0.39, 0.29) is 31.1 Å². The van der Waals surface area contributed by atoms with E-state index in [1.165, 1.54) is 12.1 Å². The Labute approximate surface area is 181 Å². The van der Waals surface area contributed by atoms with Gasteiger partial charge in [0.2, 0.25) is 0 Å². The molecule has 0 fully saturated rings. The number of rotatable bonds is 9. The third-order valence-corrected chi connectivity index (χ3v) is 4.21. The average Bonchev–Trinajstić information content (AvgIpc) is 2.76. The molecule has 0 bridgehead atoms. The Morgan fingerprint density at radius 1 is 0.742 bits per heavy atom. The largest absolute Gasteiger partial charge is 0.490 e. The van der Waals surface area contributed by atoms with Crippen LogP contribution >= 0.6 is 0 Å². The number of aryl methyl sites for hydroxylation is 2. The van der Waals surface area contributed by atoms with Crippen LogP contribution in [0.2, 0.25) is 0 Å². The van der Waals surface area contributed by atoms with Crippen LogP contribution in [0.3, 0.4) is 0 Å². The first-order valence-corrected chi connectivity index (χ1v) is 9.87.